The molecule has 6 nitrogen and oxygen atoms in total. The average Bonchev–Trinajstić information content (AvgIpc) is 2.85. The minimum Gasteiger partial charge on any atom is -0.480 e. The molecule has 2 atom stereocenters. The van der Waals surface area contributed by atoms with Crippen LogP contribution in [0.4, 0.5) is 0 Å². The van der Waals surface area contributed by atoms with Gasteiger partial charge in [0.05, 0.1) is 0 Å². The molecule has 2 rings (SSSR count). The van der Waals surface area contributed by atoms with Gasteiger partial charge in [0, 0.05) is 0 Å². The number of nitrogens with one attached hydrogen (secondary N) is 2. The van der Waals surface area contributed by atoms with Crippen LogP contribution in [0, 0.1) is 0 Å². The largest absolute Gasteiger partial charge is 0.480 e. The van der Waals surface area contributed by atoms with E-state index in [9.17, 15) is 9.59 Å². The smallest absolute Gasteiger partial charge is 0.320 e. The van der Waals surface area contributed by atoms with E-state index >= 15 is 0 Å². The van der Waals surface area contributed by atoms with E-state index in [4.69, 9.17) is 23.1 Å². The fourth-order valence-electron chi connectivity index (χ4n) is 1.84. The van der Waals surface area contributed by atoms with Crippen molar-refractivity contribution in [1.82, 2.24) is 10.6 Å². The summed E-state index contributed by atoms with van der Waals surface area (Å²) in [6, 6.07) is 8.50. The Morgan fingerprint density at radius 1 is 1.41 bits per heavy atom. The second kappa shape index (κ2) is 9.11. The molecule has 1 aliphatic heterocycles. The molecule has 1 aliphatic rings. The maximum atomic E-state index is 11.3. The first-order chi connectivity index (χ1) is 10.5. The van der Waals surface area contributed by atoms with Crippen molar-refractivity contribution in [3.8, 4) is 0 Å². The zero-order valence-electron chi connectivity index (χ0n) is 12.4. The summed E-state index contributed by atoms with van der Waals surface area (Å²) in [4.78, 5) is 21.4. The molecule has 1 aromatic rings. The van der Waals surface area contributed by atoms with Gasteiger partial charge in [0.15, 0.2) is 5.11 Å². The van der Waals surface area contributed by atoms with E-state index in [0.29, 0.717) is 11.5 Å². The van der Waals surface area contributed by atoms with Crippen molar-refractivity contribution in [2.75, 3.05) is 0 Å². The summed E-state index contributed by atoms with van der Waals surface area (Å²) in [5, 5.41) is 14.1. The molecule has 1 saturated heterocycles. The highest BCUT2D eigenvalue weighted by Crippen LogP contribution is 2.15. The van der Waals surface area contributed by atoms with E-state index in [2.05, 4.69) is 10.6 Å². The summed E-state index contributed by atoms with van der Waals surface area (Å²) in [5.74, 6) is -0.986. The molecular formula is C15H21N3O3S. The number of rotatable bonds is 5. The van der Waals surface area contributed by atoms with E-state index in [1.54, 1.807) is 0 Å². The predicted molar refractivity (Wildman–Crippen MR) is 88.2 cm³/mol. The molecule has 5 N–H and O–H groups in total. The Hall–Kier alpha value is -1.99. The number of nitrogens with two attached hydrogens (primary N) is 1. The Morgan fingerprint density at radius 3 is 2.50 bits per heavy atom. The second-order valence-electron chi connectivity index (χ2n) is 4.89. The lowest BCUT2D eigenvalue weighted by molar-refractivity contribution is -0.138. The van der Waals surface area contributed by atoms with Gasteiger partial charge in [-0.15, -0.1) is 0 Å². The summed E-state index contributed by atoms with van der Waals surface area (Å²) < 4.78 is 0. The monoisotopic (exact) mass is 323 g/mol. The Balaban J connectivity index is 0.000000239. The third-order valence-corrected chi connectivity index (χ3v) is 3.31. The van der Waals surface area contributed by atoms with Gasteiger partial charge in [0.2, 0.25) is 0 Å². The first-order valence-corrected chi connectivity index (χ1v) is 7.51. The minimum absolute atomic E-state index is 0.0869. The minimum atomic E-state index is -0.900. The third-order valence-electron chi connectivity index (χ3n) is 3.09. The summed E-state index contributed by atoms with van der Waals surface area (Å²) >= 11 is 4.83. The molecule has 0 aromatic heterocycles. The van der Waals surface area contributed by atoms with Crippen LogP contribution in [0.2, 0.25) is 0 Å². The summed E-state index contributed by atoms with van der Waals surface area (Å²) in [6.07, 6.45) is 2.49. The van der Waals surface area contributed by atoms with E-state index in [-0.39, 0.29) is 11.9 Å². The van der Waals surface area contributed by atoms with Crippen molar-refractivity contribution in [1.29, 1.82) is 0 Å². The van der Waals surface area contributed by atoms with Gasteiger partial charge in [-0.25, -0.2) is 0 Å². The highest BCUT2D eigenvalue weighted by molar-refractivity contribution is 7.80. The highest BCUT2D eigenvalue weighted by atomic mass is 32.1. The molecule has 7 heteroatoms. The molecule has 1 fully saturated rings. The van der Waals surface area contributed by atoms with Crippen LogP contribution in [-0.4, -0.2) is 28.1 Å². The number of benzene rings is 1. The fourth-order valence-corrected chi connectivity index (χ4v) is 2.06. The van der Waals surface area contributed by atoms with Gasteiger partial charge in [-0.3, -0.25) is 9.59 Å². The Labute approximate surface area is 135 Å². The number of hydrogen-bond acceptors (Lipinski definition) is 4. The summed E-state index contributed by atoms with van der Waals surface area (Å²) in [5.41, 5.74) is 6.13. The van der Waals surface area contributed by atoms with Crippen LogP contribution in [0.3, 0.4) is 0 Å². The maximum Gasteiger partial charge on any atom is 0.320 e. The first kappa shape index (κ1) is 18.1. The number of carbonyl (C=O) groups excluding carboxylic acids is 1. The maximum absolute atomic E-state index is 11.3. The molecule has 0 aliphatic carbocycles. The molecule has 0 bridgehead atoms. The van der Waals surface area contributed by atoms with Crippen LogP contribution in [0.15, 0.2) is 30.3 Å². The van der Waals surface area contributed by atoms with Gasteiger partial charge in [-0.1, -0.05) is 50.1 Å². The Morgan fingerprint density at radius 2 is 2.05 bits per heavy atom. The number of thiocarbonyl (C=S) groups is 1. The number of amides is 1. The molecule has 1 amide bonds. The number of carboxylic acids is 1. The van der Waals surface area contributed by atoms with Crippen LogP contribution >= 0.6 is 12.2 Å². The number of unbranched alkanes of at least 4 members (excludes halogenated alkanes) is 1. The van der Waals surface area contributed by atoms with Crippen LogP contribution < -0.4 is 16.4 Å². The zero-order valence-corrected chi connectivity index (χ0v) is 13.2. The van der Waals surface area contributed by atoms with Crippen LogP contribution in [0.1, 0.15) is 37.8 Å². The van der Waals surface area contributed by atoms with E-state index in [0.717, 1.165) is 18.4 Å². The van der Waals surface area contributed by atoms with Crippen molar-refractivity contribution in [2.45, 2.75) is 38.3 Å². The van der Waals surface area contributed by atoms with E-state index < -0.39 is 12.0 Å². The topological polar surface area (TPSA) is 104 Å². The van der Waals surface area contributed by atoms with Gasteiger partial charge >= 0.3 is 5.97 Å². The standard InChI is InChI=1S/C9H8N2OS.C6H13NO2/c12-8-7(10-9(13)11-8)6-4-2-1-3-5-6;1-2-3-4-5(7)6(8)9/h1-5,7H,(H2,10,11,12,13);5H,2-4,7H2,1H3,(H,8,9). The number of carboxylic acid groups (broad SMARTS) is 1. The van der Waals surface area contributed by atoms with Gasteiger partial charge in [-0.05, 0) is 24.2 Å². The highest BCUT2D eigenvalue weighted by Gasteiger charge is 2.27. The van der Waals surface area contributed by atoms with Crippen molar-refractivity contribution < 1.29 is 14.7 Å². The van der Waals surface area contributed by atoms with Crippen molar-refractivity contribution in [3.63, 3.8) is 0 Å². The molecule has 1 heterocycles. The molecule has 0 spiro atoms. The summed E-state index contributed by atoms with van der Waals surface area (Å²) in [7, 11) is 0. The lowest BCUT2D eigenvalue weighted by Crippen LogP contribution is -2.29. The first-order valence-electron chi connectivity index (χ1n) is 7.10. The van der Waals surface area contributed by atoms with Crippen LogP contribution in [0.25, 0.3) is 0 Å². The van der Waals surface area contributed by atoms with E-state index in [1.165, 1.54) is 0 Å². The van der Waals surface area contributed by atoms with Crippen molar-refractivity contribution in [2.24, 2.45) is 5.73 Å². The quantitative estimate of drug-likeness (QED) is 0.609. The molecule has 2 unspecified atom stereocenters. The third kappa shape index (κ3) is 5.79. The van der Waals surface area contributed by atoms with Crippen molar-refractivity contribution >= 4 is 29.2 Å². The normalized spacial score (nSPS) is 17.8. The molecule has 0 radical (unpaired) electrons. The number of hydrogen-bond donors (Lipinski definition) is 4. The SMILES string of the molecule is CCCCC(N)C(=O)O.O=C1NC(=S)NC1c1ccccc1. The number of carbonyl (C=O) groups is 2. The molecule has 0 saturated carbocycles. The average molecular weight is 323 g/mol. The summed E-state index contributed by atoms with van der Waals surface area (Å²) in [6.45, 7) is 2.01. The second-order valence-corrected chi connectivity index (χ2v) is 5.30. The van der Waals surface area contributed by atoms with Crippen LogP contribution in [-0.2, 0) is 9.59 Å². The Kier molecular flexibility index (Phi) is 7.48. The Bertz CT molecular complexity index is 522. The fraction of sp³-hybridized carbons (Fsp3) is 0.400. The molecule has 1 aromatic carbocycles. The van der Waals surface area contributed by atoms with Gasteiger partial charge in [-0.2, -0.15) is 0 Å². The van der Waals surface area contributed by atoms with Crippen LogP contribution in [0.5, 0.6) is 0 Å². The zero-order chi connectivity index (χ0) is 16.5. The van der Waals surface area contributed by atoms with Gasteiger partial charge in [0.25, 0.3) is 5.91 Å². The molecule has 120 valence electrons. The van der Waals surface area contributed by atoms with Crippen molar-refractivity contribution in [3.05, 3.63) is 35.9 Å². The molecule has 22 heavy (non-hydrogen) atoms. The predicted octanol–water partition coefficient (Wildman–Crippen LogP) is 1.32. The molecular weight excluding hydrogens is 302 g/mol. The number of aliphatic carboxylic acids is 1. The van der Waals surface area contributed by atoms with E-state index in [1.807, 2.05) is 37.3 Å². The lowest BCUT2D eigenvalue weighted by atomic mass is 10.1. The van der Waals surface area contributed by atoms with Gasteiger partial charge in [0.1, 0.15) is 12.1 Å². The van der Waals surface area contributed by atoms with Gasteiger partial charge < -0.3 is 21.5 Å². The lowest BCUT2D eigenvalue weighted by Gasteiger charge is -2.06.